The molecule has 1 N–H and O–H groups in total. The predicted molar refractivity (Wildman–Crippen MR) is 77.9 cm³/mol. The highest BCUT2D eigenvalue weighted by atomic mass is 79.9. The second kappa shape index (κ2) is 5.76. The molecule has 0 aliphatic rings. The zero-order chi connectivity index (χ0) is 12.3. The lowest BCUT2D eigenvalue weighted by Crippen LogP contribution is -2.00. The highest BCUT2D eigenvalue weighted by Crippen LogP contribution is 2.23. The third-order valence-corrected chi connectivity index (χ3v) is 3.56. The number of rotatable bonds is 3. The first-order chi connectivity index (χ1) is 8.15. The van der Waals surface area contributed by atoms with Crippen molar-refractivity contribution in [3.05, 3.63) is 62.5 Å². The molecular formula is C13H10BrCl2N. The fourth-order valence-electron chi connectivity index (χ4n) is 1.47. The Morgan fingerprint density at radius 2 is 1.76 bits per heavy atom. The Morgan fingerprint density at radius 3 is 2.53 bits per heavy atom. The van der Waals surface area contributed by atoms with E-state index in [9.17, 15) is 0 Å². The highest BCUT2D eigenvalue weighted by molar-refractivity contribution is 9.10. The maximum absolute atomic E-state index is 5.95. The van der Waals surface area contributed by atoms with Crippen molar-refractivity contribution in [2.45, 2.75) is 6.54 Å². The van der Waals surface area contributed by atoms with Gasteiger partial charge < -0.3 is 5.32 Å². The highest BCUT2D eigenvalue weighted by Gasteiger charge is 2.01. The van der Waals surface area contributed by atoms with E-state index >= 15 is 0 Å². The maximum atomic E-state index is 5.95. The first kappa shape index (κ1) is 12.7. The minimum atomic E-state index is 0.696. The zero-order valence-electron chi connectivity index (χ0n) is 8.88. The number of halogens is 3. The first-order valence-corrected chi connectivity index (χ1v) is 6.63. The zero-order valence-corrected chi connectivity index (χ0v) is 12.0. The molecule has 0 aliphatic carbocycles. The largest absolute Gasteiger partial charge is 0.381 e. The average Bonchev–Trinajstić information content (AvgIpc) is 2.30. The number of hydrogen-bond donors (Lipinski definition) is 1. The van der Waals surface area contributed by atoms with Crippen molar-refractivity contribution in [3.63, 3.8) is 0 Å². The summed E-state index contributed by atoms with van der Waals surface area (Å²) in [6, 6.07) is 13.4. The molecule has 2 aromatic carbocycles. The van der Waals surface area contributed by atoms with Crippen LogP contribution in [0.15, 0.2) is 46.9 Å². The summed E-state index contributed by atoms with van der Waals surface area (Å²) in [6.07, 6.45) is 0. The van der Waals surface area contributed by atoms with Crippen molar-refractivity contribution >= 4 is 44.8 Å². The Kier molecular flexibility index (Phi) is 4.32. The lowest BCUT2D eigenvalue weighted by Gasteiger charge is -2.09. The average molecular weight is 331 g/mol. The van der Waals surface area contributed by atoms with Gasteiger partial charge in [0.1, 0.15) is 0 Å². The standard InChI is InChI=1S/C13H10BrCl2N/c14-13-5-4-11(16)6-9(13)8-17-12-3-1-2-10(15)7-12/h1-7,17H,8H2. The molecule has 17 heavy (non-hydrogen) atoms. The van der Waals surface area contributed by atoms with Gasteiger partial charge in [-0.1, -0.05) is 45.2 Å². The molecule has 0 amide bonds. The van der Waals surface area contributed by atoms with Gasteiger partial charge in [-0.25, -0.2) is 0 Å². The molecule has 0 saturated heterocycles. The molecule has 0 fully saturated rings. The van der Waals surface area contributed by atoms with Crippen molar-refractivity contribution in [1.29, 1.82) is 0 Å². The lowest BCUT2D eigenvalue weighted by molar-refractivity contribution is 1.14. The van der Waals surface area contributed by atoms with E-state index in [4.69, 9.17) is 23.2 Å². The Bertz CT molecular complexity index is 529. The van der Waals surface area contributed by atoms with Crippen molar-refractivity contribution in [2.75, 3.05) is 5.32 Å². The Labute approximate surface area is 119 Å². The summed E-state index contributed by atoms with van der Waals surface area (Å²) < 4.78 is 1.04. The monoisotopic (exact) mass is 329 g/mol. The minimum absolute atomic E-state index is 0.696. The van der Waals surface area contributed by atoms with Crippen LogP contribution in [0.4, 0.5) is 5.69 Å². The second-order valence-electron chi connectivity index (χ2n) is 3.60. The molecule has 0 atom stereocenters. The topological polar surface area (TPSA) is 12.0 Å². The summed E-state index contributed by atoms with van der Waals surface area (Å²) in [7, 11) is 0. The second-order valence-corrected chi connectivity index (χ2v) is 5.33. The van der Waals surface area contributed by atoms with Gasteiger partial charge in [0.05, 0.1) is 0 Å². The molecule has 0 radical (unpaired) electrons. The summed E-state index contributed by atoms with van der Waals surface area (Å²) in [5.74, 6) is 0. The fourth-order valence-corrected chi connectivity index (χ4v) is 2.25. The van der Waals surface area contributed by atoms with Gasteiger partial charge in [0.2, 0.25) is 0 Å². The van der Waals surface area contributed by atoms with Gasteiger partial charge in [-0.2, -0.15) is 0 Å². The summed E-state index contributed by atoms with van der Waals surface area (Å²) >= 11 is 15.4. The molecule has 88 valence electrons. The summed E-state index contributed by atoms with van der Waals surface area (Å²) in [5, 5.41) is 4.75. The Hall–Kier alpha value is -0.700. The van der Waals surface area contributed by atoms with Crippen LogP contribution in [0.25, 0.3) is 0 Å². The summed E-state index contributed by atoms with van der Waals surface area (Å²) in [5.41, 5.74) is 2.10. The van der Waals surface area contributed by atoms with E-state index in [1.807, 2.05) is 42.5 Å². The predicted octanol–water partition coefficient (Wildman–Crippen LogP) is 5.37. The molecule has 1 nitrogen and oxygen atoms in total. The fraction of sp³-hybridized carbons (Fsp3) is 0.0769. The maximum Gasteiger partial charge on any atom is 0.0426 e. The Morgan fingerprint density at radius 1 is 1.00 bits per heavy atom. The normalized spacial score (nSPS) is 10.3. The molecule has 2 aromatic rings. The van der Waals surface area contributed by atoms with Gasteiger partial charge in [0.25, 0.3) is 0 Å². The van der Waals surface area contributed by atoms with Gasteiger partial charge in [-0.05, 0) is 42.0 Å². The minimum Gasteiger partial charge on any atom is -0.381 e. The van der Waals surface area contributed by atoms with Crippen LogP contribution in [0.2, 0.25) is 10.0 Å². The van der Waals surface area contributed by atoms with Gasteiger partial charge in [-0.15, -0.1) is 0 Å². The SMILES string of the molecule is Clc1cccc(NCc2cc(Cl)ccc2Br)c1. The Balaban J connectivity index is 2.09. The molecule has 0 bridgehead atoms. The first-order valence-electron chi connectivity index (χ1n) is 5.08. The van der Waals surface area contributed by atoms with Crippen molar-refractivity contribution < 1.29 is 0 Å². The van der Waals surface area contributed by atoms with Crippen LogP contribution in [0.1, 0.15) is 5.56 Å². The van der Waals surface area contributed by atoms with Crippen molar-refractivity contribution in [1.82, 2.24) is 0 Å². The number of hydrogen-bond acceptors (Lipinski definition) is 1. The van der Waals surface area contributed by atoms with Crippen LogP contribution in [0, 0.1) is 0 Å². The quantitative estimate of drug-likeness (QED) is 0.797. The van der Waals surface area contributed by atoms with E-state index in [0.29, 0.717) is 6.54 Å². The molecule has 0 spiro atoms. The van der Waals surface area contributed by atoms with Gasteiger partial charge in [0.15, 0.2) is 0 Å². The molecule has 0 unspecified atom stereocenters. The van der Waals surface area contributed by atoms with Gasteiger partial charge in [0, 0.05) is 26.8 Å². The van der Waals surface area contributed by atoms with Crippen LogP contribution in [-0.4, -0.2) is 0 Å². The number of benzene rings is 2. The number of nitrogens with one attached hydrogen (secondary N) is 1. The van der Waals surface area contributed by atoms with E-state index in [2.05, 4.69) is 21.2 Å². The molecule has 4 heteroatoms. The van der Waals surface area contributed by atoms with E-state index in [-0.39, 0.29) is 0 Å². The van der Waals surface area contributed by atoms with Crippen LogP contribution < -0.4 is 5.32 Å². The molecule has 0 aromatic heterocycles. The van der Waals surface area contributed by atoms with E-state index in [0.717, 1.165) is 25.8 Å². The smallest absolute Gasteiger partial charge is 0.0426 e. The molecule has 2 rings (SSSR count). The van der Waals surface area contributed by atoms with Crippen LogP contribution in [0.3, 0.4) is 0 Å². The molecule has 0 saturated carbocycles. The van der Waals surface area contributed by atoms with Crippen LogP contribution in [-0.2, 0) is 6.54 Å². The number of anilines is 1. The third-order valence-electron chi connectivity index (χ3n) is 2.32. The van der Waals surface area contributed by atoms with Crippen molar-refractivity contribution in [3.8, 4) is 0 Å². The van der Waals surface area contributed by atoms with E-state index in [1.54, 1.807) is 0 Å². The summed E-state index contributed by atoms with van der Waals surface area (Å²) in [4.78, 5) is 0. The molecular weight excluding hydrogens is 321 g/mol. The lowest BCUT2D eigenvalue weighted by atomic mass is 10.2. The van der Waals surface area contributed by atoms with Gasteiger partial charge in [-0.3, -0.25) is 0 Å². The van der Waals surface area contributed by atoms with E-state index in [1.165, 1.54) is 0 Å². The summed E-state index contributed by atoms with van der Waals surface area (Å²) in [6.45, 7) is 0.696. The van der Waals surface area contributed by atoms with Crippen LogP contribution in [0.5, 0.6) is 0 Å². The van der Waals surface area contributed by atoms with Crippen LogP contribution >= 0.6 is 39.1 Å². The molecule has 0 heterocycles. The van der Waals surface area contributed by atoms with E-state index < -0.39 is 0 Å². The van der Waals surface area contributed by atoms with Crippen molar-refractivity contribution in [2.24, 2.45) is 0 Å². The van der Waals surface area contributed by atoms with Gasteiger partial charge >= 0.3 is 0 Å². The molecule has 0 aliphatic heterocycles. The third kappa shape index (κ3) is 3.63.